The van der Waals surface area contributed by atoms with Crippen molar-refractivity contribution < 1.29 is 4.79 Å². The molecule has 5 aromatic rings. The molecule has 2 aromatic carbocycles. The van der Waals surface area contributed by atoms with Crippen molar-refractivity contribution in [2.24, 2.45) is 0 Å². The summed E-state index contributed by atoms with van der Waals surface area (Å²) in [6.45, 7) is 6.02. The predicted octanol–water partition coefficient (Wildman–Crippen LogP) is 4.30. The van der Waals surface area contributed by atoms with E-state index >= 15 is 0 Å². The first-order chi connectivity index (χ1) is 16.3. The van der Waals surface area contributed by atoms with Gasteiger partial charge in [0.05, 0.1) is 34.3 Å². The van der Waals surface area contributed by atoms with Crippen molar-refractivity contribution in [2.45, 2.75) is 26.8 Å². The van der Waals surface area contributed by atoms with Gasteiger partial charge in [-0.1, -0.05) is 48.0 Å². The lowest BCUT2D eigenvalue weighted by atomic mass is 10.1. The maximum Gasteiger partial charge on any atom is 0.274 e. The van der Waals surface area contributed by atoms with Gasteiger partial charge in [-0.15, -0.1) is 0 Å². The highest BCUT2D eigenvalue weighted by atomic mass is 35.5. The third-order valence-corrected chi connectivity index (χ3v) is 6.52. The van der Waals surface area contributed by atoms with Crippen LogP contribution in [0.4, 0.5) is 0 Å². The van der Waals surface area contributed by atoms with Gasteiger partial charge in [0.1, 0.15) is 5.52 Å². The highest BCUT2D eigenvalue weighted by Crippen LogP contribution is 2.23. The van der Waals surface area contributed by atoms with Gasteiger partial charge in [-0.25, -0.2) is 4.52 Å². The average Bonchev–Trinajstić information content (AvgIpc) is 3.39. The normalized spacial score (nSPS) is 12.4. The second kappa shape index (κ2) is 8.46. The van der Waals surface area contributed by atoms with Gasteiger partial charge in [0.25, 0.3) is 11.5 Å². The summed E-state index contributed by atoms with van der Waals surface area (Å²) >= 11 is 6.23. The van der Waals surface area contributed by atoms with Gasteiger partial charge in [-0.3, -0.25) is 14.3 Å². The Balaban J connectivity index is 1.39. The highest BCUT2D eigenvalue weighted by Gasteiger charge is 2.18. The fourth-order valence-corrected chi connectivity index (χ4v) is 4.23. The Hall–Kier alpha value is -3.91. The number of nitrogens with zero attached hydrogens (tertiary/aromatic N) is 4. The van der Waals surface area contributed by atoms with Crippen molar-refractivity contribution in [3.8, 4) is 11.3 Å². The summed E-state index contributed by atoms with van der Waals surface area (Å²) in [5.41, 5.74) is 3.22. The molecule has 3 heterocycles. The van der Waals surface area contributed by atoms with Crippen LogP contribution in [0.15, 0.2) is 59.5 Å². The van der Waals surface area contributed by atoms with Crippen molar-refractivity contribution in [3.63, 3.8) is 0 Å². The Morgan fingerprint density at radius 3 is 2.62 bits per heavy atom. The monoisotopic (exact) mass is 474 g/mol. The third kappa shape index (κ3) is 3.86. The molecule has 8 nitrogen and oxygen atoms in total. The maximum atomic E-state index is 12.8. The zero-order valence-corrected chi connectivity index (χ0v) is 19.7. The fraction of sp³-hybridized carbons (Fsp3) is 0.200. The number of fused-ring (bicyclic) bond motifs is 2. The minimum absolute atomic E-state index is 0.102. The molecule has 0 aliphatic rings. The molecule has 0 aliphatic heterocycles. The number of rotatable bonds is 5. The lowest BCUT2D eigenvalue weighted by Crippen LogP contribution is -2.30. The quantitative estimate of drug-likeness (QED) is 0.397. The fourth-order valence-electron chi connectivity index (χ4n) is 4.11. The molecule has 0 aliphatic carbocycles. The molecule has 0 radical (unpaired) electrons. The SMILES string of the molecule is Cc1nn(C(C)CNC(=O)c2cc3c(=O)[nH]c(-c4ccc5ccccc5c4)cn3n2)c(C)c1Cl. The summed E-state index contributed by atoms with van der Waals surface area (Å²) in [6, 6.07) is 15.4. The van der Waals surface area contributed by atoms with Gasteiger partial charge in [-0.05, 0) is 37.6 Å². The number of hydrogen-bond donors (Lipinski definition) is 2. The van der Waals surface area contributed by atoms with Crippen molar-refractivity contribution in [3.05, 3.63) is 87.2 Å². The standard InChI is InChI=1S/C25H23ClN6O2/c1-14(32-16(3)23(26)15(2)29-32)12-27-24(33)20-11-22-25(34)28-21(13-31(22)30-20)19-9-8-17-6-4-5-7-18(17)10-19/h4-11,13-14H,12H2,1-3H3,(H,27,33)(H,28,34). The summed E-state index contributed by atoms with van der Waals surface area (Å²) in [5, 5.41) is 14.5. The Kier molecular flexibility index (Phi) is 5.45. The number of nitrogens with one attached hydrogen (secondary N) is 2. The van der Waals surface area contributed by atoms with Crippen molar-refractivity contribution in [1.29, 1.82) is 0 Å². The van der Waals surface area contributed by atoms with E-state index in [0.29, 0.717) is 22.8 Å². The van der Waals surface area contributed by atoms with Gasteiger partial charge in [0, 0.05) is 18.2 Å². The van der Waals surface area contributed by atoms with Gasteiger partial charge < -0.3 is 10.3 Å². The number of hydrogen-bond acceptors (Lipinski definition) is 4. The number of benzene rings is 2. The van der Waals surface area contributed by atoms with Crippen LogP contribution in [0.1, 0.15) is 34.8 Å². The Labute approximate surface area is 200 Å². The van der Waals surface area contributed by atoms with Crippen LogP contribution in [0, 0.1) is 13.8 Å². The number of carbonyl (C=O) groups excluding carboxylic acids is 1. The van der Waals surface area contributed by atoms with Crippen molar-refractivity contribution >= 4 is 33.8 Å². The molecule has 0 saturated carbocycles. The maximum absolute atomic E-state index is 12.8. The summed E-state index contributed by atoms with van der Waals surface area (Å²) < 4.78 is 3.24. The van der Waals surface area contributed by atoms with E-state index in [0.717, 1.165) is 27.7 Å². The zero-order chi connectivity index (χ0) is 24.0. The molecule has 3 aromatic heterocycles. The van der Waals surface area contributed by atoms with Crippen molar-refractivity contribution in [1.82, 2.24) is 29.7 Å². The average molecular weight is 475 g/mol. The minimum atomic E-state index is -0.366. The number of carbonyl (C=O) groups is 1. The topological polar surface area (TPSA) is 97.1 Å². The highest BCUT2D eigenvalue weighted by molar-refractivity contribution is 6.31. The van der Waals surface area contributed by atoms with Gasteiger partial charge in [0.15, 0.2) is 5.69 Å². The first kappa shape index (κ1) is 21.9. The van der Waals surface area contributed by atoms with E-state index < -0.39 is 0 Å². The number of amides is 1. The number of H-pyrrole nitrogens is 1. The summed E-state index contributed by atoms with van der Waals surface area (Å²) in [6.07, 6.45) is 1.72. The van der Waals surface area contributed by atoms with E-state index in [4.69, 9.17) is 11.6 Å². The number of halogens is 1. The zero-order valence-electron chi connectivity index (χ0n) is 19.0. The first-order valence-corrected chi connectivity index (χ1v) is 11.3. The molecular formula is C25H23ClN6O2. The van der Waals surface area contributed by atoms with Crippen LogP contribution in [-0.4, -0.2) is 36.8 Å². The van der Waals surface area contributed by atoms with Crippen LogP contribution in [0.5, 0.6) is 0 Å². The van der Waals surface area contributed by atoms with E-state index in [2.05, 4.69) is 20.5 Å². The van der Waals surface area contributed by atoms with E-state index in [9.17, 15) is 9.59 Å². The van der Waals surface area contributed by atoms with Crippen LogP contribution in [0.2, 0.25) is 5.02 Å². The number of aromatic amines is 1. The summed E-state index contributed by atoms with van der Waals surface area (Å²) in [5.74, 6) is -0.366. The minimum Gasteiger partial charge on any atom is -0.349 e. The summed E-state index contributed by atoms with van der Waals surface area (Å²) in [7, 11) is 0. The summed E-state index contributed by atoms with van der Waals surface area (Å²) in [4.78, 5) is 28.4. The van der Waals surface area contributed by atoms with E-state index in [1.54, 1.807) is 10.9 Å². The molecule has 0 bridgehead atoms. The molecule has 1 atom stereocenters. The largest absolute Gasteiger partial charge is 0.349 e. The molecule has 9 heteroatoms. The van der Waals surface area contributed by atoms with Crippen molar-refractivity contribution in [2.75, 3.05) is 6.54 Å². The molecule has 0 saturated heterocycles. The van der Waals surface area contributed by atoms with Gasteiger partial charge >= 0.3 is 0 Å². The van der Waals surface area contributed by atoms with Crippen LogP contribution in [-0.2, 0) is 0 Å². The molecule has 1 unspecified atom stereocenters. The molecule has 172 valence electrons. The van der Waals surface area contributed by atoms with E-state index in [-0.39, 0.29) is 23.2 Å². The van der Waals surface area contributed by atoms with Gasteiger partial charge in [0.2, 0.25) is 0 Å². The van der Waals surface area contributed by atoms with Crippen LogP contribution in [0.25, 0.3) is 27.5 Å². The molecule has 1 amide bonds. The van der Waals surface area contributed by atoms with Gasteiger partial charge in [-0.2, -0.15) is 10.2 Å². The molecule has 2 N–H and O–H groups in total. The van der Waals surface area contributed by atoms with E-state index in [1.165, 1.54) is 10.6 Å². The lowest BCUT2D eigenvalue weighted by molar-refractivity contribution is 0.0942. The van der Waals surface area contributed by atoms with Crippen LogP contribution in [0.3, 0.4) is 0 Å². The lowest BCUT2D eigenvalue weighted by Gasteiger charge is -2.14. The van der Waals surface area contributed by atoms with E-state index in [1.807, 2.05) is 63.2 Å². The van der Waals surface area contributed by atoms with Crippen LogP contribution < -0.4 is 10.9 Å². The number of aryl methyl sites for hydroxylation is 1. The molecule has 0 spiro atoms. The predicted molar refractivity (Wildman–Crippen MR) is 133 cm³/mol. The Bertz CT molecular complexity index is 1610. The second-order valence-corrected chi connectivity index (χ2v) is 8.78. The smallest absolute Gasteiger partial charge is 0.274 e. The van der Waals surface area contributed by atoms with Crippen LogP contribution >= 0.6 is 11.6 Å². The first-order valence-electron chi connectivity index (χ1n) is 10.9. The number of aromatic nitrogens is 5. The Morgan fingerprint density at radius 2 is 1.88 bits per heavy atom. The molecular weight excluding hydrogens is 452 g/mol. The second-order valence-electron chi connectivity index (χ2n) is 8.41. The Morgan fingerprint density at radius 1 is 1.12 bits per heavy atom. The molecule has 34 heavy (non-hydrogen) atoms. The third-order valence-electron chi connectivity index (χ3n) is 5.97. The molecule has 0 fully saturated rings. The molecule has 5 rings (SSSR count).